The van der Waals surface area contributed by atoms with Crippen LogP contribution < -0.4 is 21.3 Å². The van der Waals surface area contributed by atoms with Gasteiger partial charge in [-0.05, 0) is 30.0 Å². The van der Waals surface area contributed by atoms with Gasteiger partial charge in [0.05, 0.1) is 6.04 Å². The van der Waals surface area contributed by atoms with E-state index in [0.29, 0.717) is 13.0 Å². The number of Topliss-reactive ketones (excluding diaryl/α,β-unsaturated/α-hetero) is 1. The first-order chi connectivity index (χ1) is 18.4. The number of hydrogen-bond donors (Lipinski definition) is 4. The fraction of sp³-hybridized carbons (Fsp3) is 0.276. The summed E-state index contributed by atoms with van der Waals surface area (Å²) in [7, 11) is 0. The monoisotopic (exact) mass is 514 g/mol. The summed E-state index contributed by atoms with van der Waals surface area (Å²) in [5.74, 6) is -1.50. The number of hydrogen-bond acceptors (Lipinski definition) is 5. The molecule has 0 saturated carbocycles. The van der Waals surface area contributed by atoms with Crippen molar-refractivity contribution in [2.24, 2.45) is 5.92 Å². The number of benzene rings is 2. The van der Waals surface area contributed by atoms with Crippen molar-refractivity contribution in [2.45, 2.75) is 37.9 Å². The highest BCUT2D eigenvalue weighted by Crippen LogP contribution is 2.17. The third-order valence-electron chi connectivity index (χ3n) is 6.02. The number of nitrogens with one attached hydrogen (secondary N) is 4. The first-order valence-electron chi connectivity index (χ1n) is 12.3. The molecule has 1 aliphatic heterocycles. The second kappa shape index (κ2) is 14.1. The Morgan fingerprint density at radius 2 is 1.68 bits per heavy atom. The summed E-state index contributed by atoms with van der Waals surface area (Å²) in [5, 5.41) is 10.3. The van der Waals surface area contributed by atoms with Gasteiger partial charge in [0.1, 0.15) is 6.04 Å². The van der Waals surface area contributed by atoms with Crippen LogP contribution in [0, 0.1) is 18.3 Å². The molecular formula is C29H30N4O5. The Hall–Kier alpha value is -4.71. The number of carbonyl (C=O) groups is 5. The molecule has 0 aliphatic carbocycles. The van der Waals surface area contributed by atoms with Crippen LogP contribution in [0.4, 0.5) is 0 Å². The maximum atomic E-state index is 13.1. The van der Waals surface area contributed by atoms with E-state index in [4.69, 9.17) is 6.42 Å². The summed E-state index contributed by atoms with van der Waals surface area (Å²) in [5.41, 5.74) is 1.59. The molecule has 0 bridgehead atoms. The lowest BCUT2D eigenvalue weighted by Crippen LogP contribution is -2.54. The SMILES string of the molecule is C#CC[C@H](NC(=O)/C=C/c1ccccc1)C(=O)N[C@@H](C[C@@H]1CCNC1=O)C(=O)C(=O)NCc1ccccc1. The minimum Gasteiger partial charge on any atom is -0.356 e. The highest BCUT2D eigenvalue weighted by molar-refractivity contribution is 6.38. The maximum Gasteiger partial charge on any atom is 0.289 e. The van der Waals surface area contributed by atoms with Gasteiger partial charge in [0.25, 0.3) is 5.91 Å². The van der Waals surface area contributed by atoms with E-state index < -0.39 is 41.5 Å². The minimum absolute atomic E-state index is 0.0558. The fourth-order valence-electron chi connectivity index (χ4n) is 3.96. The molecule has 9 heteroatoms. The van der Waals surface area contributed by atoms with Gasteiger partial charge in [-0.15, -0.1) is 12.3 Å². The van der Waals surface area contributed by atoms with Crippen LogP contribution in [-0.4, -0.2) is 48.0 Å². The van der Waals surface area contributed by atoms with Gasteiger partial charge in [0, 0.05) is 31.5 Å². The summed E-state index contributed by atoms with van der Waals surface area (Å²) in [6, 6.07) is 15.7. The molecule has 1 fully saturated rings. The van der Waals surface area contributed by atoms with E-state index in [9.17, 15) is 24.0 Å². The van der Waals surface area contributed by atoms with Gasteiger partial charge >= 0.3 is 0 Å². The third kappa shape index (κ3) is 8.45. The Balaban J connectivity index is 1.68. The van der Waals surface area contributed by atoms with E-state index >= 15 is 0 Å². The predicted molar refractivity (Wildman–Crippen MR) is 142 cm³/mol. The van der Waals surface area contributed by atoms with E-state index in [1.807, 2.05) is 36.4 Å². The van der Waals surface area contributed by atoms with Gasteiger partial charge in [0.15, 0.2) is 0 Å². The molecule has 0 radical (unpaired) electrons. The lowest BCUT2D eigenvalue weighted by Gasteiger charge is -2.23. The van der Waals surface area contributed by atoms with Crippen molar-refractivity contribution in [3.05, 3.63) is 77.9 Å². The molecule has 0 unspecified atom stereocenters. The number of ketones is 1. The van der Waals surface area contributed by atoms with Crippen molar-refractivity contribution < 1.29 is 24.0 Å². The average molecular weight is 515 g/mol. The molecule has 3 rings (SSSR count). The minimum atomic E-state index is -1.27. The Bertz CT molecular complexity index is 1220. The molecule has 2 aromatic rings. The molecule has 196 valence electrons. The summed E-state index contributed by atoms with van der Waals surface area (Å²) in [6.07, 6.45) is 8.54. The van der Waals surface area contributed by atoms with E-state index in [-0.39, 0.29) is 25.3 Å². The van der Waals surface area contributed by atoms with Crippen LogP contribution >= 0.6 is 0 Å². The first-order valence-corrected chi connectivity index (χ1v) is 12.3. The molecule has 1 heterocycles. The Morgan fingerprint density at radius 3 is 2.32 bits per heavy atom. The van der Waals surface area contributed by atoms with Crippen LogP contribution in [-0.2, 0) is 30.5 Å². The van der Waals surface area contributed by atoms with Crippen LogP contribution in [0.15, 0.2) is 66.7 Å². The van der Waals surface area contributed by atoms with Crippen molar-refractivity contribution in [3.8, 4) is 12.3 Å². The molecule has 2 aromatic carbocycles. The fourth-order valence-corrected chi connectivity index (χ4v) is 3.96. The number of terminal acetylenes is 1. The van der Waals surface area contributed by atoms with E-state index in [1.165, 1.54) is 6.08 Å². The molecule has 38 heavy (non-hydrogen) atoms. The molecule has 3 atom stereocenters. The van der Waals surface area contributed by atoms with Crippen molar-refractivity contribution in [2.75, 3.05) is 6.54 Å². The predicted octanol–water partition coefficient (Wildman–Crippen LogP) is 1.10. The Morgan fingerprint density at radius 1 is 1.00 bits per heavy atom. The van der Waals surface area contributed by atoms with Crippen LogP contribution in [0.1, 0.15) is 30.4 Å². The van der Waals surface area contributed by atoms with Crippen LogP contribution in [0.5, 0.6) is 0 Å². The standard InChI is InChI=1S/C29H30N4O5/c1-2-9-23(32-25(34)15-14-20-10-5-3-6-11-20)28(37)33-24(18-22-16-17-30-27(22)36)26(35)29(38)31-19-21-12-7-4-8-13-21/h1,3-8,10-15,22-24H,9,16-19H2,(H,30,36)(H,31,38)(H,32,34)(H,33,37)/b15-14+/t22-,23-,24-/m0/s1. The van der Waals surface area contributed by atoms with E-state index in [1.54, 1.807) is 30.3 Å². The Kier molecular flexibility index (Phi) is 10.4. The lowest BCUT2D eigenvalue weighted by atomic mass is 9.95. The summed E-state index contributed by atoms with van der Waals surface area (Å²) < 4.78 is 0. The second-order valence-corrected chi connectivity index (χ2v) is 8.82. The highest BCUT2D eigenvalue weighted by atomic mass is 16.2. The number of rotatable bonds is 12. The van der Waals surface area contributed by atoms with Crippen molar-refractivity contribution in [1.82, 2.24) is 21.3 Å². The lowest BCUT2D eigenvalue weighted by molar-refractivity contribution is -0.141. The average Bonchev–Trinajstić information content (AvgIpc) is 3.34. The Labute approximate surface area is 221 Å². The molecule has 4 N–H and O–H groups in total. The second-order valence-electron chi connectivity index (χ2n) is 8.82. The molecular weight excluding hydrogens is 484 g/mol. The van der Waals surface area contributed by atoms with Gasteiger partial charge in [-0.25, -0.2) is 0 Å². The quantitative estimate of drug-likeness (QED) is 0.191. The normalized spacial score (nSPS) is 16.1. The van der Waals surface area contributed by atoms with Gasteiger partial charge in [-0.3, -0.25) is 24.0 Å². The highest BCUT2D eigenvalue weighted by Gasteiger charge is 2.35. The molecule has 0 spiro atoms. The zero-order valence-electron chi connectivity index (χ0n) is 20.8. The van der Waals surface area contributed by atoms with Crippen LogP contribution in [0.3, 0.4) is 0 Å². The van der Waals surface area contributed by atoms with E-state index in [2.05, 4.69) is 27.2 Å². The molecule has 1 aliphatic rings. The summed E-state index contributed by atoms with van der Waals surface area (Å²) in [4.78, 5) is 63.4. The largest absolute Gasteiger partial charge is 0.356 e. The van der Waals surface area contributed by atoms with Crippen molar-refractivity contribution >= 4 is 35.5 Å². The molecule has 4 amide bonds. The summed E-state index contributed by atoms with van der Waals surface area (Å²) in [6.45, 7) is 0.571. The first kappa shape index (κ1) is 27.9. The number of amides is 4. The zero-order valence-corrected chi connectivity index (χ0v) is 20.8. The number of carbonyl (C=O) groups excluding carboxylic acids is 5. The molecule has 1 saturated heterocycles. The third-order valence-corrected chi connectivity index (χ3v) is 6.02. The maximum absolute atomic E-state index is 13.1. The molecule has 0 aromatic heterocycles. The van der Waals surface area contributed by atoms with Crippen molar-refractivity contribution in [1.29, 1.82) is 0 Å². The van der Waals surface area contributed by atoms with Crippen LogP contribution in [0.2, 0.25) is 0 Å². The van der Waals surface area contributed by atoms with Crippen molar-refractivity contribution in [3.63, 3.8) is 0 Å². The van der Waals surface area contributed by atoms with Gasteiger partial charge in [0.2, 0.25) is 23.5 Å². The zero-order chi connectivity index (χ0) is 27.3. The van der Waals surface area contributed by atoms with Crippen LogP contribution in [0.25, 0.3) is 6.08 Å². The van der Waals surface area contributed by atoms with Gasteiger partial charge in [-0.2, -0.15) is 0 Å². The smallest absolute Gasteiger partial charge is 0.289 e. The van der Waals surface area contributed by atoms with Gasteiger partial charge in [-0.1, -0.05) is 60.7 Å². The van der Waals surface area contributed by atoms with Gasteiger partial charge < -0.3 is 21.3 Å². The molecule has 9 nitrogen and oxygen atoms in total. The topological polar surface area (TPSA) is 133 Å². The van der Waals surface area contributed by atoms with E-state index in [0.717, 1.165) is 11.1 Å². The summed E-state index contributed by atoms with van der Waals surface area (Å²) >= 11 is 0.